The topological polar surface area (TPSA) is 99.2 Å². The Bertz CT molecular complexity index is 608. The first kappa shape index (κ1) is 11.1. The summed E-state index contributed by atoms with van der Waals surface area (Å²) in [5.74, 6) is -0.651. The molecule has 0 radical (unpaired) electrons. The number of fused-ring (bicyclic) bond motifs is 1. The molecule has 2 aromatic carbocycles. The summed E-state index contributed by atoms with van der Waals surface area (Å²) in [6, 6.07) is 10.3. The molecule has 0 aliphatic rings. The maximum atomic E-state index is 11.5. The maximum Gasteiger partial charge on any atom is 0.275 e. The number of amidine groups is 1. The summed E-state index contributed by atoms with van der Waals surface area (Å²) < 4.78 is 0. The lowest BCUT2D eigenvalue weighted by atomic mass is 10.0. The Morgan fingerprint density at radius 1 is 1.29 bits per heavy atom. The van der Waals surface area contributed by atoms with Crippen LogP contribution in [0.4, 0.5) is 0 Å². The molecule has 0 saturated carbocycles. The normalized spacial score (nSPS) is 10.2. The third kappa shape index (κ3) is 1.95. The molecule has 86 valence electrons. The fourth-order valence-corrected chi connectivity index (χ4v) is 1.70. The van der Waals surface area contributed by atoms with Crippen LogP contribution in [0.5, 0.6) is 0 Å². The molecule has 0 atom stereocenters. The number of amides is 1. The van der Waals surface area contributed by atoms with Gasteiger partial charge in [-0.3, -0.25) is 15.4 Å². The minimum atomic E-state index is -0.587. The Kier molecular flexibility index (Phi) is 2.76. The van der Waals surface area contributed by atoms with Crippen LogP contribution in [0.2, 0.25) is 0 Å². The van der Waals surface area contributed by atoms with Crippen LogP contribution in [-0.4, -0.2) is 17.0 Å². The third-order valence-corrected chi connectivity index (χ3v) is 2.54. The molecule has 0 aliphatic heterocycles. The lowest BCUT2D eigenvalue weighted by Gasteiger charge is -2.06. The van der Waals surface area contributed by atoms with Crippen LogP contribution in [0.3, 0.4) is 0 Å². The van der Waals surface area contributed by atoms with Crippen LogP contribution in [-0.2, 0) is 0 Å². The van der Waals surface area contributed by atoms with Gasteiger partial charge in [0.25, 0.3) is 5.91 Å². The maximum absolute atomic E-state index is 11.5. The summed E-state index contributed by atoms with van der Waals surface area (Å²) in [5, 5.41) is 17.5. The van der Waals surface area contributed by atoms with Crippen LogP contribution in [0.1, 0.15) is 15.9 Å². The van der Waals surface area contributed by atoms with Crippen molar-refractivity contribution < 1.29 is 10.0 Å². The van der Waals surface area contributed by atoms with Crippen molar-refractivity contribution in [3.8, 4) is 0 Å². The van der Waals surface area contributed by atoms with Crippen molar-refractivity contribution >= 4 is 22.5 Å². The second kappa shape index (κ2) is 4.23. The van der Waals surface area contributed by atoms with E-state index in [0.29, 0.717) is 16.5 Å². The molecular formula is C12H11N3O2. The molecular weight excluding hydrogens is 218 g/mol. The molecule has 0 unspecified atom stereocenters. The van der Waals surface area contributed by atoms with E-state index >= 15 is 0 Å². The van der Waals surface area contributed by atoms with Crippen molar-refractivity contribution in [1.82, 2.24) is 5.48 Å². The lowest BCUT2D eigenvalue weighted by molar-refractivity contribution is 0.0708. The van der Waals surface area contributed by atoms with E-state index in [2.05, 4.69) is 0 Å². The average molecular weight is 229 g/mol. The monoisotopic (exact) mass is 229 g/mol. The van der Waals surface area contributed by atoms with Crippen molar-refractivity contribution in [3.05, 3.63) is 47.5 Å². The van der Waals surface area contributed by atoms with Gasteiger partial charge < -0.3 is 5.73 Å². The summed E-state index contributed by atoms with van der Waals surface area (Å²) in [5.41, 5.74) is 7.87. The molecule has 0 heterocycles. The van der Waals surface area contributed by atoms with E-state index in [-0.39, 0.29) is 5.84 Å². The highest BCUT2D eigenvalue weighted by molar-refractivity contribution is 6.08. The molecule has 2 rings (SSSR count). The number of nitrogens with one attached hydrogen (secondary N) is 2. The molecule has 5 heteroatoms. The van der Waals surface area contributed by atoms with Gasteiger partial charge in [-0.2, -0.15) is 0 Å². The number of nitrogen functional groups attached to an aromatic ring is 1. The lowest BCUT2D eigenvalue weighted by Crippen LogP contribution is -2.19. The average Bonchev–Trinajstić information content (AvgIpc) is 2.36. The highest BCUT2D eigenvalue weighted by Crippen LogP contribution is 2.20. The second-order valence-corrected chi connectivity index (χ2v) is 3.60. The highest BCUT2D eigenvalue weighted by atomic mass is 16.5. The molecule has 5 N–H and O–H groups in total. The van der Waals surface area contributed by atoms with Gasteiger partial charge in [-0.1, -0.05) is 24.3 Å². The van der Waals surface area contributed by atoms with Crippen LogP contribution in [0.15, 0.2) is 36.4 Å². The predicted octanol–water partition coefficient (Wildman–Crippen LogP) is 1.24. The summed E-state index contributed by atoms with van der Waals surface area (Å²) in [4.78, 5) is 11.5. The number of rotatable bonds is 2. The molecule has 0 bridgehead atoms. The van der Waals surface area contributed by atoms with Crippen molar-refractivity contribution in [2.75, 3.05) is 0 Å². The van der Waals surface area contributed by atoms with Gasteiger partial charge in [-0.05, 0) is 22.9 Å². The smallest absolute Gasteiger partial charge is 0.275 e. The Morgan fingerprint density at radius 3 is 2.71 bits per heavy atom. The zero-order chi connectivity index (χ0) is 12.4. The number of hydrogen-bond donors (Lipinski definition) is 4. The number of benzene rings is 2. The zero-order valence-corrected chi connectivity index (χ0v) is 8.90. The fourth-order valence-electron chi connectivity index (χ4n) is 1.70. The van der Waals surface area contributed by atoms with E-state index in [4.69, 9.17) is 16.4 Å². The van der Waals surface area contributed by atoms with Gasteiger partial charge in [0.05, 0.1) is 0 Å². The number of hydroxylamine groups is 1. The van der Waals surface area contributed by atoms with E-state index in [1.807, 2.05) is 6.07 Å². The van der Waals surface area contributed by atoms with Gasteiger partial charge in [-0.25, -0.2) is 5.48 Å². The zero-order valence-electron chi connectivity index (χ0n) is 8.90. The summed E-state index contributed by atoms with van der Waals surface area (Å²) in [6.45, 7) is 0. The number of carbonyl (C=O) groups excluding carboxylic acids is 1. The molecule has 0 fully saturated rings. The Morgan fingerprint density at radius 2 is 2.06 bits per heavy atom. The minimum Gasteiger partial charge on any atom is -0.384 e. The van der Waals surface area contributed by atoms with E-state index < -0.39 is 5.91 Å². The van der Waals surface area contributed by atoms with Crippen molar-refractivity contribution in [3.63, 3.8) is 0 Å². The standard InChI is InChI=1S/C12H11N3O2/c13-11(14)8-5-4-7-2-1-3-9(10(7)6-8)12(16)15-17/h1-6,17H,(H3,13,14)(H,15,16). The van der Waals surface area contributed by atoms with E-state index in [0.717, 1.165) is 5.39 Å². The molecule has 1 amide bonds. The van der Waals surface area contributed by atoms with Gasteiger partial charge in [0.1, 0.15) is 5.84 Å². The van der Waals surface area contributed by atoms with Crippen molar-refractivity contribution in [2.45, 2.75) is 0 Å². The van der Waals surface area contributed by atoms with Gasteiger partial charge in [0, 0.05) is 11.1 Å². The minimum absolute atomic E-state index is 0.0638. The van der Waals surface area contributed by atoms with E-state index in [9.17, 15) is 4.79 Å². The highest BCUT2D eigenvalue weighted by Gasteiger charge is 2.09. The Labute approximate surface area is 97.3 Å². The molecule has 2 aromatic rings. The molecule has 0 aromatic heterocycles. The first-order valence-electron chi connectivity index (χ1n) is 4.95. The largest absolute Gasteiger partial charge is 0.384 e. The van der Waals surface area contributed by atoms with Crippen molar-refractivity contribution in [2.24, 2.45) is 5.73 Å². The van der Waals surface area contributed by atoms with Gasteiger partial charge in [0.2, 0.25) is 0 Å². The molecule has 5 nitrogen and oxygen atoms in total. The van der Waals surface area contributed by atoms with Crippen LogP contribution in [0, 0.1) is 5.41 Å². The third-order valence-electron chi connectivity index (χ3n) is 2.54. The first-order valence-corrected chi connectivity index (χ1v) is 4.95. The van der Waals surface area contributed by atoms with Gasteiger partial charge in [-0.15, -0.1) is 0 Å². The van der Waals surface area contributed by atoms with Crippen LogP contribution in [0.25, 0.3) is 10.8 Å². The summed E-state index contributed by atoms with van der Waals surface area (Å²) >= 11 is 0. The van der Waals surface area contributed by atoms with Crippen LogP contribution < -0.4 is 11.2 Å². The van der Waals surface area contributed by atoms with Gasteiger partial charge in [0.15, 0.2) is 0 Å². The second-order valence-electron chi connectivity index (χ2n) is 3.60. The van der Waals surface area contributed by atoms with Crippen LogP contribution >= 0.6 is 0 Å². The Balaban J connectivity index is 2.72. The Hall–Kier alpha value is -2.40. The first-order chi connectivity index (χ1) is 8.13. The fraction of sp³-hybridized carbons (Fsp3) is 0. The van der Waals surface area contributed by atoms with E-state index in [1.54, 1.807) is 35.8 Å². The van der Waals surface area contributed by atoms with Gasteiger partial charge >= 0.3 is 0 Å². The number of carbonyl (C=O) groups is 1. The number of nitrogens with two attached hydrogens (primary N) is 1. The molecule has 17 heavy (non-hydrogen) atoms. The molecule has 0 aliphatic carbocycles. The summed E-state index contributed by atoms with van der Waals surface area (Å²) in [6.07, 6.45) is 0. The molecule has 0 saturated heterocycles. The predicted molar refractivity (Wildman–Crippen MR) is 64.2 cm³/mol. The summed E-state index contributed by atoms with van der Waals surface area (Å²) in [7, 11) is 0. The van der Waals surface area contributed by atoms with Crippen molar-refractivity contribution in [1.29, 1.82) is 5.41 Å². The SMILES string of the molecule is N=C(N)c1ccc2cccc(C(=O)NO)c2c1. The number of hydrogen-bond acceptors (Lipinski definition) is 3. The van der Waals surface area contributed by atoms with E-state index in [1.165, 1.54) is 0 Å². The molecule has 0 spiro atoms. The quantitative estimate of drug-likeness (QED) is 0.270.